The highest BCUT2D eigenvalue weighted by Gasteiger charge is 2.33. The summed E-state index contributed by atoms with van der Waals surface area (Å²) in [5.41, 5.74) is -0.0815. The number of hydrogen-bond acceptors (Lipinski definition) is 5. The number of nitrogens with zero attached hydrogens (tertiary/aromatic N) is 3. The summed E-state index contributed by atoms with van der Waals surface area (Å²) in [6.45, 7) is 5.85. The zero-order valence-electron chi connectivity index (χ0n) is 13.1. The van der Waals surface area contributed by atoms with Gasteiger partial charge in [-0.05, 0) is 26.7 Å². The van der Waals surface area contributed by atoms with Gasteiger partial charge in [0, 0.05) is 26.2 Å². The van der Waals surface area contributed by atoms with E-state index < -0.39 is 5.60 Å². The molecule has 0 atom stereocenters. The lowest BCUT2D eigenvalue weighted by Crippen LogP contribution is -2.28. The van der Waals surface area contributed by atoms with Crippen molar-refractivity contribution in [3.8, 4) is 0 Å². The van der Waals surface area contributed by atoms with Gasteiger partial charge in [-0.2, -0.15) is 0 Å². The molecule has 1 aliphatic carbocycles. The lowest BCUT2D eigenvalue weighted by molar-refractivity contribution is -0.141. The molecule has 1 aliphatic rings. The number of aliphatic hydroxyl groups is 1. The molecule has 21 heavy (non-hydrogen) atoms. The van der Waals surface area contributed by atoms with Crippen LogP contribution in [-0.4, -0.2) is 39.6 Å². The van der Waals surface area contributed by atoms with Crippen LogP contribution in [-0.2, 0) is 21.6 Å². The van der Waals surface area contributed by atoms with Gasteiger partial charge in [-0.3, -0.25) is 4.68 Å². The second-order valence-electron chi connectivity index (χ2n) is 5.59. The van der Waals surface area contributed by atoms with Crippen molar-refractivity contribution in [1.29, 1.82) is 0 Å². The van der Waals surface area contributed by atoms with E-state index in [1.165, 1.54) is 6.42 Å². The van der Waals surface area contributed by atoms with Crippen LogP contribution in [0, 0.1) is 0 Å². The zero-order valence-corrected chi connectivity index (χ0v) is 13.1. The average Bonchev–Trinajstić information content (AvgIpc) is 2.96. The van der Waals surface area contributed by atoms with Gasteiger partial charge >= 0.3 is 0 Å². The van der Waals surface area contributed by atoms with Crippen molar-refractivity contribution in [2.75, 3.05) is 13.2 Å². The smallest absolute Gasteiger partial charge is 0.159 e. The minimum Gasteiger partial charge on any atom is -0.383 e. The van der Waals surface area contributed by atoms with Crippen LogP contribution in [0.5, 0.6) is 0 Å². The maximum atomic E-state index is 10.6. The first-order chi connectivity index (χ1) is 10.2. The molecule has 0 amide bonds. The van der Waals surface area contributed by atoms with E-state index in [4.69, 9.17) is 9.47 Å². The Hall–Kier alpha value is -0.980. The molecular formula is C15H27N3O3. The molecule has 6 heteroatoms. The number of rotatable bonds is 8. The molecule has 2 rings (SSSR count). The van der Waals surface area contributed by atoms with Gasteiger partial charge in [0.05, 0.1) is 6.20 Å². The topological polar surface area (TPSA) is 69.4 Å². The minimum atomic E-state index is -0.782. The van der Waals surface area contributed by atoms with Crippen molar-refractivity contribution in [3.63, 3.8) is 0 Å². The molecule has 0 aromatic carbocycles. The van der Waals surface area contributed by atoms with Crippen molar-refractivity contribution in [3.05, 3.63) is 11.9 Å². The molecule has 0 bridgehead atoms. The fourth-order valence-electron chi connectivity index (χ4n) is 2.84. The zero-order chi connectivity index (χ0) is 15.1. The largest absolute Gasteiger partial charge is 0.383 e. The Morgan fingerprint density at radius 1 is 1.24 bits per heavy atom. The van der Waals surface area contributed by atoms with E-state index in [0.717, 1.165) is 32.1 Å². The molecule has 1 aromatic heterocycles. The Morgan fingerprint density at radius 3 is 2.52 bits per heavy atom. The van der Waals surface area contributed by atoms with E-state index >= 15 is 0 Å². The minimum absolute atomic E-state index is 0.203. The van der Waals surface area contributed by atoms with Gasteiger partial charge < -0.3 is 14.6 Å². The Labute approximate surface area is 126 Å². The van der Waals surface area contributed by atoms with E-state index in [9.17, 15) is 5.11 Å². The van der Waals surface area contributed by atoms with Crippen LogP contribution in [0.25, 0.3) is 0 Å². The summed E-state index contributed by atoms with van der Waals surface area (Å²) >= 11 is 0. The first-order valence-electron chi connectivity index (χ1n) is 8.04. The fraction of sp³-hybridized carbons (Fsp3) is 0.867. The Kier molecular flexibility index (Phi) is 6.14. The summed E-state index contributed by atoms with van der Waals surface area (Å²) in [4.78, 5) is 0. The Morgan fingerprint density at radius 2 is 1.90 bits per heavy atom. The lowest BCUT2D eigenvalue weighted by Gasteiger charge is -2.29. The predicted octanol–water partition coefficient (Wildman–Crippen LogP) is 2.22. The van der Waals surface area contributed by atoms with E-state index in [2.05, 4.69) is 10.3 Å². The van der Waals surface area contributed by atoms with Crippen LogP contribution in [0.1, 0.15) is 58.1 Å². The number of hydrogen-bond donors (Lipinski definition) is 1. The molecule has 6 nitrogen and oxygen atoms in total. The molecule has 0 unspecified atom stereocenters. The van der Waals surface area contributed by atoms with Gasteiger partial charge in [0.1, 0.15) is 11.3 Å². The summed E-state index contributed by atoms with van der Waals surface area (Å²) in [7, 11) is 0. The van der Waals surface area contributed by atoms with Crippen LogP contribution in [0.15, 0.2) is 6.20 Å². The predicted molar refractivity (Wildman–Crippen MR) is 78.7 cm³/mol. The average molecular weight is 297 g/mol. The van der Waals surface area contributed by atoms with Crippen LogP contribution in [0.2, 0.25) is 0 Å². The molecular weight excluding hydrogens is 270 g/mol. The maximum absolute atomic E-state index is 10.6. The monoisotopic (exact) mass is 297 g/mol. The van der Waals surface area contributed by atoms with Crippen molar-refractivity contribution >= 4 is 0 Å². The van der Waals surface area contributed by atoms with Crippen LogP contribution >= 0.6 is 0 Å². The summed E-state index contributed by atoms with van der Waals surface area (Å²) in [6.07, 6.45) is 7.26. The number of aromatic nitrogens is 3. The summed E-state index contributed by atoms with van der Waals surface area (Å²) < 4.78 is 12.8. The van der Waals surface area contributed by atoms with Gasteiger partial charge in [-0.15, -0.1) is 5.10 Å². The third-order valence-corrected chi connectivity index (χ3v) is 4.00. The third kappa shape index (κ3) is 4.49. The van der Waals surface area contributed by atoms with E-state index in [1.54, 1.807) is 4.68 Å². The number of ether oxygens (including phenoxy) is 2. The lowest BCUT2D eigenvalue weighted by atomic mass is 9.83. The summed E-state index contributed by atoms with van der Waals surface area (Å²) in [6, 6.07) is 0. The van der Waals surface area contributed by atoms with Crippen LogP contribution in [0.4, 0.5) is 0 Å². The maximum Gasteiger partial charge on any atom is 0.159 e. The van der Waals surface area contributed by atoms with Gasteiger partial charge in [-0.25, -0.2) is 0 Å². The Balaban J connectivity index is 1.90. The first kappa shape index (κ1) is 16.4. The van der Waals surface area contributed by atoms with Crippen molar-refractivity contribution in [1.82, 2.24) is 15.0 Å². The summed E-state index contributed by atoms with van der Waals surface area (Å²) in [5.74, 6) is 0. The standard InChI is InChI=1S/C15H27N3O3/c1-3-20-14(21-4-2)8-11-18-12-13(16-17-18)15(19)9-6-5-7-10-15/h12,14,19H,3-11H2,1-2H3. The fourth-order valence-corrected chi connectivity index (χ4v) is 2.84. The normalized spacial score (nSPS) is 18.3. The first-order valence-corrected chi connectivity index (χ1v) is 8.04. The molecule has 0 saturated heterocycles. The molecule has 1 heterocycles. The van der Waals surface area contributed by atoms with Gasteiger partial charge in [0.15, 0.2) is 6.29 Å². The van der Waals surface area contributed by atoms with E-state index in [1.807, 2.05) is 20.0 Å². The van der Waals surface area contributed by atoms with Crippen LogP contribution < -0.4 is 0 Å². The van der Waals surface area contributed by atoms with Gasteiger partial charge in [-0.1, -0.05) is 24.5 Å². The van der Waals surface area contributed by atoms with Crippen molar-refractivity contribution in [2.24, 2.45) is 0 Å². The molecule has 1 fully saturated rings. The van der Waals surface area contributed by atoms with E-state index in [-0.39, 0.29) is 6.29 Å². The second-order valence-corrected chi connectivity index (χ2v) is 5.59. The van der Waals surface area contributed by atoms with E-state index in [0.29, 0.717) is 25.5 Å². The molecule has 0 aliphatic heterocycles. The van der Waals surface area contributed by atoms with Crippen molar-refractivity contribution < 1.29 is 14.6 Å². The molecule has 1 N–H and O–H groups in total. The van der Waals surface area contributed by atoms with Crippen molar-refractivity contribution in [2.45, 2.75) is 70.8 Å². The molecule has 120 valence electrons. The summed E-state index contributed by atoms with van der Waals surface area (Å²) in [5, 5.41) is 18.9. The third-order valence-electron chi connectivity index (χ3n) is 4.00. The van der Waals surface area contributed by atoms with Gasteiger partial charge in [0.25, 0.3) is 0 Å². The molecule has 1 aromatic rings. The molecule has 1 saturated carbocycles. The quantitative estimate of drug-likeness (QED) is 0.745. The number of aryl methyl sites for hydroxylation is 1. The highest BCUT2D eigenvalue weighted by Crippen LogP contribution is 2.35. The Bertz CT molecular complexity index is 410. The molecule has 0 radical (unpaired) electrons. The van der Waals surface area contributed by atoms with Crippen LogP contribution in [0.3, 0.4) is 0 Å². The van der Waals surface area contributed by atoms with Gasteiger partial charge in [0.2, 0.25) is 0 Å². The molecule has 0 spiro atoms. The highest BCUT2D eigenvalue weighted by atomic mass is 16.7. The highest BCUT2D eigenvalue weighted by molar-refractivity contribution is 5.07. The SMILES string of the molecule is CCOC(CCn1cc(C2(O)CCCCC2)nn1)OCC. The second kappa shape index (κ2) is 7.87.